The summed E-state index contributed by atoms with van der Waals surface area (Å²) in [5.41, 5.74) is 1.52. The predicted octanol–water partition coefficient (Wildman–Crippen LogP) is 2.79. The molecule has 0 radical (unpaired) electrons. The van der Waals surface area contributed by atoms with Gasteiger partial charge in [-0.15, -0.1) is 0 Å². The van der Waals surface area contributed by atoms with Crippen LogP contribution < -0.4 is 4.74 Å². The van der Waals surface area contributed by atoms with E-state index in [1.54, 1.807) is 0 Å². The fourth-order valence-corrected chi connectivity index (χ4v) is 3.13. The third kappa shape index (κ3) is 3.61. The Hall–Kier alpha value is -0.780. The lowest BCUT2D eigenvalue weighted by Gasteiger charge is -2.16. The normalized spacial score (nSPS) is 19.6. The van der Waals surface area contributed by atoms with Crippen LogP contribution in [0, 0.1) is 13.8 Å². The summed E-state index contributed by atoms with van der Waals surface area (Å²) in [5, 5.41) is 0. The summed E-state index contributed by atoms with van der Waals surface area (Å²) in [5.74, 6) is 0.708. The van der Waals surface area contributed by atoms with E-state index in [1.807, 2.05) is 13.8 Å². The molecule has 0 aromatic heterocycles. The number of hydrogen-bond acceptors (Lipinski definition) is 4. The van der Waals surface area contributed by atoms with Crippen LogP contribution in [-0.2, 0) is 13.8 Å². The monoisotopic (exact) mass is 304 g/mol. The molecular formula is C13H17ClO4S. The summed E-state index contributed by atoms with van der Waals surface area (Å²) in [6.07, 6.45) is 2.21. The van der Waals surface area contributed by atoms with Crippen molar-refractivity contribution >= 4 is 19.7 Å². The Labute approximate surface area is 118 Å². The largest absolute Gasteiger partial charge is 0.490 e. The summed E-state index contributed by atoms with van der Waals surface area (Å²) < 4.78 is 33.9. The number of aryl methyl sites for hydroxylation is 2. The van der Waals surface area contributed by atoms with Crippen LogP contribution in [0.5, 0.6) is 5.75 Å². The van der Waals surface area contributed by atoms with Crippen LogP contribution in [0.1, 0.15) is 24.0 Å². The summed E-state index contributed by atoms with van der Waals surface area (Å²) in [4.78, 5) is 0.105. The standard InChI is InChI=1S/C13H17ClO4S/c1-9-6-12(19(14,15)16)7-10(2)13(9)18-8-11-4-3-5-17-11/h6-7,11H,3-5,8H2,1-2H3. The zero-order valence-corrected chi connectivity index (χ0v) is 12.6. The minimum atomic E-state index is -3.70. The van der Waals surface area contributed by atoms with Crippen molar-refractivity contribution in [3.8, 4) is 5.75 Å². The van der Waals surface area contributed by atoms with Gasteiger partial charge in [-0.1, -0.05) is 0 Å². The van der Waals surface area contributed by atoms with E-state index in [9.17, 15) is 8.42 Å². The summed E-state index contributed by atoms with van der Waals surface area (Å²) in [6.45, 7) is 4.90. The van der Waals surface area contributed by atoms with Gasteiger partial charge in [-0.05, 0) is 49.9 Å². The van der Waals surface area contributed by atoms with Crippen LogP contribution in [-0.4, -0.2) is 27.7 Å². The van der Waals surface area contributed by atoms with Crippen molar-refractivity contribution in [2.75, 3.05) is 13.2 Å². The van der Waals surface area contributed by atoms with Crippen LogP contribution in [0.4, 0.5) is 0 Å². The van der Waals surface area contributed by atoms with Crippen molar-refractivity contribution in [3.63, 3.8) is 0 Å². The molecule has 1 unspecified atom stereocenters. The van der Waals surface area contributed by atoms with Gasteiger partial charge >= 0.3 is 0 Å². The lowest BCUT2D eigenvalue weighted by atomic mass is 10.1. The molecule has 19 heavy (non-hydrogen) atoms. The van der Waals surface area contributed by atoms with Gasteiger partial charge in [-0.3, -0.25) is 0 Å². The maximum Gasteiger partial charge on any atom is 0.261 e. The Balaban J connectivity index is 2.17. The van der Waals surface area contributed by atoms with E-state index in [2.05, 4.69) is 0 Å². The number of hydrogen-bond donors (Lipinski definition) is 0. The van der Waals surface area contributed by atoms with E-state index in [0.29, 0.717) is 12.4 Å². The van der Waals surface area contributed by atoms with Gasteiger partial charge in [0.15, 0.2) is 0 Å². The van der Waals surface area contributed by atoms with Crippen molar-refractivity contribution in [1.29, 1.82) is 0 Å². The fraction of sp³-hybridized carbons (Fsp3) is 0.538. The number of benzene rings is 1. The van der Waals surface area contributed by atoms with Crippen molar-refractivity contribution in [2.24, 2.45) is 0 Å². The highest BCUT2D eigenvalue weighted by Gasteiger charge is 2.18. The van der Waals surface area contributed by atoms with E-state index < -0.39 is 9.05 Å². The number of ether oxygens (including phenoxy) is 2. The second kappa shape index (κ2) is 5.69. The molecule has 1 aromatic carbocycles. The summed E-state index contributed by atoms with van der Waals surface area (Å²) >= 11 is 0. The second-order valence-electron chi connectivity index (χ2n) is 4.77. The van der Waals surface area contributed by atoms with Crippen LogP contribution in [0.25, 0.3) is 0 Å². The number of halogens is 1. The molecule has 106 valence electrons. The van der Waals surface area contributed by atoms with E-state index in [0.717, 1.165) is 30.6 Å². The fourth-order valence-electron chi connectivity index (χ4n) is 2.23. The highest BCUT2D eigenvalue weighted by molar-refractivity contribution is 8.13. The molecule has 1 atom stereocenters. The van der Waals surface area contributed by atoms with Crippen LogP contribution in [0.2, 0.25) is 0 Å². The second-order valence-corrected chi connectivity index (χ2v) is 7.34. The summed E-state index contributed by atoms with van der Waals surface area (Å²) in [6, 6.07) is 3.06. The van der Waals surface area contributed by atoms with Gasteiger partial charge in [-0.25, -0.2) is 8.42 Å². The quantitative estimate of drug-likeness (QED) is 0.803. The minimum absolute atomic E-state index is 0.105. The average molecular weight is 305 g/mol. The Morgan fingerprint density at radius 1 is 1.37 bits per heavy atom. The zero-order valence-electron chi connectivity index (χ0n) is 11.0. The molecule has 0 aliphatic carbocycles. The Morgan fingerprint density at radius 2 is 2.00 bits per heavy atom. The van der Waals surface area contributed by atoms with E-state index in [1.165, 1.54) is 12.1 Å². The Bertz CT molecular complexity index is 539. The molecule has 0 amide bonds. The van der Waals surface area contributed by atoms with E-state index in [4.69, 9.17) is 20.2 Å². The molecule has 0 bridgehead atoms. The Kier molecular flexibility index (Phi) is 4.38. The van der Waals surface area contributed by atoms with Crippen molar-refractivity contribution in [1.82, 2.24) is 0 Å². The first-order valence-electron chi connectivity index (χ1n) is 6.18. The number of rotatable bonds is 4. The first-order chi connectivity index (χ1) is 8.88. The molecule has 1 heterocycles. The topological polar surface area (TPSA) is 52.6 Å². The van der Waals surface area contributed by atoms with Gasteiger partial charge in [0.25, 0.3) is 9.05 Å². The van der Waals surface area contributed by atoms with Crippen LogP contribution in [0.15, 0.2) is 17.0 Å². The minimum Gasteiger partial charge on any atom is -0.490 e. The molecule has 1 aromatic rings. The molecule has 0 saturated carbocycles. The zero-order chi connectivity index (χ0) is 14.0. The molecule has 2 rings (SSSR count). The first kappa shape index (κ1) is 14.6. The van der Waals surface area contributed by atoms with Crippen molar-refractivity contribution < 1.29 is 17.9 Å². The third-order valence-electron chi connectivity index (χ3n) is 3.15. The van der Waals surface area contributed by atoms with Crippen LogP contribution in [0.3, 0.4) is 0 Å². The maximum atomic E-state index is 11.3. The maximum absolute atomic E-state index is 11.3. The molecule has 6 heteroatoms. The lowest BCUT2D eigenvalue weighted by molar-refractivity contribution is 0.0675. The van der Waals surface area contributed by atoms with E-state index in [-0.39, 0.29) is 11.0 Å². The van der Waals surface area contributed by atoms with E-state index >= 15 is 0 Å². The molecule has 4 nitrogen and oxygen atoms in total. The molecule has 1 fully saturated rings. The summed E-state index contributed by atoms with van der Waals surface area (Å²) in [7, 11) is 1.64. The highest BCUT2D eigenvalue weighted by Crippen LogP contribution is 2.29. The van der Waals surface area contributed by atoms with Gasteiger partial charge in [0, 0.05) is 17.3 Å². The Morgan fingerprint density at radius 3 is 2.47 bits per heavy atom. The third-order valence-corrected chi connectivity index (χ3v) is 4.49. The molecule has 1 aliphatic heterocycles. The lowest BCUT2D eigenvalue weighted by Crippen LogP contribution is -2.17. The average Bonchev–Trinajstić information content (AvgIpc) is 2.79. The van der Waals surface area contributed by atoms with Crippen LogP contribution >= 0.6 is 10.7 Å². The van der Waals surface area contributed by atoms with Gasteiger partial charge in [0.05, 0.1) is 11.0 Å². The van der Waals surface area contributed by atoms with Crippen molar-refractivity contribution in [3.05, 3.63) is 23.3 Å². The predicted molar refractivity (Wildman–Crippen MR) is 73.4 cm³/mol. The highest BCUT2D eigenvalue weighted by atomic mass is 35.7. The van der Waals surface area contributed by atoms with Gasteiger partial charge in [0.2, 0.25) is 0 Å². The smallest absolute Gasteiger partial charge is 0.261 e. The molecule has 1 saturated heterocycles. The molecular weight excluding hydrogens is 288 g/mol. The molecule has 1 aliphatic rings. The first-order valence-corrected chi connectivity index (χ1v) is 8.49. The molecule has 0 spiro atoms. The molecule has 0 N–H and O–H groups in total. The van der Waals surface area contributed by atoms with Gasteiger partial charge in [-0.2, -0.15) is 0 Å². The van der Waals surface area contributed by atoms with Gasteiger partial charge < -0.3 is 9.47 Å². The SMILES string of the molecule is Cc1cc(S(=O)(=O)Cl)cc(C)c1OCC1CCCO1. The van der Waals surface area contributed by atoms with Crippen molar-refractivity contribution in [2.45, 2.75) is 37.7 Å². The van der Waals surface area contributed by atoms with Gasteiger partial charge in [0.1, 0.15) is 12.4 Å².